The average Bonchev–Trinajstić information content (AvgIpc) is 3.31. The van der Waals surface area contributed by atoms with Crippen LogP contribution in [0.2, 0.25) is 13.1 Å². The van der Waals surface area contributed by atoms with E-state index in [2.05, 4.69) is 85.9 Å². The second-order valence-electron chi connectivity index (χ2n) is 6.59. The van der Waals surface area contributed by atoms with Gasteiger partial charge in [0.25, 0.3) is 0 Å². The first-order valence-corrected chi connectivity index (χ1v) is 16.5. The van der Waals surface area contributed by atoms with Crippen LogP contribution < -0.4 is 0 Å². The monoisotopic (exact) mass is 401 g/mol. The van der Waals surface area contributed by atoms with Crippen molar-refractivity contribution in [2.45, 2.75) is 21.5 Å². The number of rotatable bonds is 3. The van der Waals surface area contributed by atoms with Crippen LogP contribution >= 0.6 is 0 Å². The van der Waals surface area contributed by atoms with Crippen molar-refractivity contribution < 1.29 is 27.3 Å². The van der Waals surface area contributed by atoms with Gasteiger partial charge in [0, 0.05) is 14.2 Å². The molecule has 4 heteroatoms. The van der Waals surface area contributed by atoms with Crippen LogP contribution in [0, 0.1) is 0 Å². The van der Waals surface area contributed by atoms with E-state index >= 15 is 0 Å². The van der Waals surface area contributed by atoms with Crippen LogP contribution in [0.3, 0.4) is 0 Å². The molecule has 2 N–H and O–H groups in total. The van der Waals surface area contributed by atoms with Gasteiger partial charge in [-0.25, -0.2) is 0 Å². The molecule has 0 amide bonds. The summed E-state index contributed by atoms with van der Waals surface area (Å²) in [5.41, 5.74) is 6.14. The number of allylic oxidation sites excluding steroid dienone is 2. The molecule has 2 aliphatic rings. The van der Waals surface area contributed by atoms with Crippen LogP contribution in [0.5, 0.6) is 0 Å². The topological polar surface area (TPSA) is 40.5 Å². The summed E-state index contributed by atoms with van der Waals surface area (Å²) in [7, 11) is 2.00. The van der Waals surface area contributed by atoms with Crippen molar-refractivity contribution in [3.05, 3.63) is 82.9 Å². The Hall–Kier alpha value is -1.23. The Balaban J connectivity index is 0.000000570. The van der Waals surface area contributed by atoms with E-state index in [0.717, 1.165) is 22.7 Å². The van der Waals surface area contributed by atoms with Crippen molar-refractivity contribution in [1.82, 2.24) is 0 Å². The fourth-order valence-electron chi connectivity index (χ4n) is 3.99. The predicted molar refractivity (Wildman–Crippen MR) is 112 cm³/mol. The summed E-state index contributed by atoms with van der Waals surface area (Å²) in [6.45, 7) is 4.52. The minimum atomic E-state index is -1.25. The molecule has 2 aromatic rings. The molecule has 0 bridgehead atoms. The predicted octanol–water partition coefficient (Wildman–Crippen LogP) is 4.34. The van der Waals surface area contributed by atoms with Crippen LogP contribution in [0.15, 0.2) is 60.7 Å². The Morgan fingerprint density at radius 1 is 0.692 bits per heavy atom. The zero-order valence-corrected chi connectivity index (χ0v) is 18.8. The van der Waals surface area contributed by atoms with Gasteiger partial charge in [-0.1, -0.05) is 0 Å². The number of hydrogen-bond acceptors (Lipinski definition) is 2. The van der Waals surface area contributed by atoms with Crippen LogP contribution in [-0.4, -0.2) is 31.1 Å². The third kappa shape index (κ3) is 4.19. The molecule has 137 valence electrons. The third-order valence-electron chi connectivity index (χ3n) is 4.98. The first-order valence-electron chi connectivity index (χ1n) is 9.06. The van der Waals surface area contributed by atoms with Gasteiger partial charge in [0.05, 0.1) is 0 Å². The SMILES string of the molecule is CO.CO.C[SiH](C)[Ti]([CH]1C=Cc2ccccc21)[CH]1C=Cc2ccccc21. The molecule has 2 unspecified atom stereocenters. The van der Waals surface area contributed by atoms with Crippen LogP contribution in [0.4, 0.5) is 0 Å². The van der Waals surface area contributed by atoms with Crippen LogP contribution in [0.25, 0.3) is 12.2 Å². The Bertz CT molecular complexity index is 709. The third-order valence-corrected chi connectivity index (χ3v) is 19.3. The molecule has 0 saturated heterocycles. The number of aliphatic hydroxyl groups excluding tert-OH is 2. The first-order chi connectivity index (χ1) is 12.8. The molecular weight excluding hydrogens is 372 g/mol. The molecule has 2 aliphatic carbocycles. The van der Waals surface area contributed by atoms with Gasteiger partial charge in [-0.2, -0.15) is 0 Å². The molecule has 0 saturated carbocycles. The summed E-state index contributed by atoms with van der Waals surface area (Å²) < 4.78 is 1.51. The Labute approximate surface area is 164 Å². The van der Waals surface area contributed by atoms with Gasteiger partial charge in [0.15, 0.2) is 0 Å². The Morgan fingerprint density at radius 2 is 1.08 bits per heavy atom. The van der Waals surface area contributed by atoms with E-state index in [9.17, 15) is 0 Å². The summed E-state index contributed by atoms with van der Waals surface area (Å²) in [6, 6.07) is 18.1. The standard InChI is InChI=1S/2C9H7.C2H7Si.2CH4O.Ti/c2*1-2-5-9-7-3-6-8(9)4-1;1-3-2;2*1-2;/h2*1-7H;3H,1-2H3;2*2H,1H3;. The van der Waals surface area contributed by atoms with Crippen LogP contribution in [0.1, 0.15) is 30.7 Å². The van der Waals surface area contributed by atoms with E-state index in [1.807, 2.05) is 0 Å². The van der Waals surface area contributed by atoms with Gasteiger partial charge in [-0.05, 0) is 0 Å². The molecule has 2 aromatic carbocycles. The number of benzene rings is 2. The van der Waals surface area contributed by atoms with Crippen LogP contribution in [-0.2, 0) is 17.1 Å². The van der Waals surface area contributed by atoms with Gasteiger partial charge in [-0.3, -0.25) is 0 Å². The molecule has 0 radical (unpaired) electrons. The van der Waals surface area contributed by atoms with E-state index in [1.54, 1.807) is 11.1 Å². The molecule has 26 heavy (non-hydrogen) atoms. The quantitative estimate of drug-likeness (QED) is 0.752. The number of aliphatic hydroxyl groups is 2. The van der Waals surface area contributed by atoms with Crippen molar-refractivity contribution >= 4 is 18.8 Å². The van der Waals surface area contributed by atoms with E-state index < -0.39 is 23.8 Å². The first kappa shape index (κ1) is 21.1. The molecule has 0 aliphatic heterocycles. The molecule has 0 spiro atoms. The zero-order valence-electron chi connectivity index (χ0n) is 16.1. The fourth-order valence-corrected chi connectivity index (χ4v) is 18.1. The van der Waals surface area contributed by atoms with Gasteiger partial charge in [0.2, 0.25) is 0 Å². The van der Waals surface area contributed by atoms with Gasteiger partial charge < -0.3 is 10.2 Å². The minimum absolute atomic E-state index is 0.645. The maximum atomic E-state index is 7.00. The summed E-state index contributed by atoms with van der Waals surface area (Å²) in [4.78, 5) is 0. The maximum absolute atomic E-state index is 7.00. The van der Waals surface area contributed by atoms with Gasteiger partial charge >= 0.3 is 140 Å². The van der Waals surface area contributed by atoms with Crippen molar-refractivity contribution in [3.63, 3.8) is 0 Å². The number of fused-ring (bicyclic) bond motifs is 2. The van der Waals surface area contributed by atoms with E-state index in [-0.39, 0.29) is 0 Å². The van der Waals surface area contributed by atoms with E-state index in [4.69, 9.17) is 10.2 Å². The van der Waals surface area contributed by atoms with Crippen molar-refractivity contribution in [2.24, 2.45) is 0 Å². The molecule has 2 nitrogen and oxygen atoms in total. The zero-order chi connectivity index (χ0) is 19.1. The Morgan fingerprint density at radius 3 is 1.46 bits per heavy atom. The second-order valence-corrected chi connectivity index (χ2v) is 20.6. The summed E-state index contributed by atoms with van der Waals surface area (Å²) in [5.74, 6) is 0. The number of hydrogen-bond donors (Lipinski definition) is 2. The summed E-state index contributed by atoms with van der Waals surface area (Å²) >= 11 is -1.25. The molecule has 2 atom stereocenters. The molecular formula is C22H29O2SiTi. The van der Waals surface area contributed by atoms with E-state index in [0.29, 0.717) is 0 Å². The average molecular weight is 401 g/mol. The summed E-state index contributed by atoms with van der Waals surface area (Å²) in [5, 5.41) is 14.0. The molecule has 4 rings (SSSR count). The molecule has 0 heterocycles. The summed E-state index contributed by atoms with van der Waals surface area (Å²) in [6.07, 6.45) is 9.80. The normalized spacial score (nSPS) is 18.4. The van der Waals surface area contributed by atoms with Gasteiger partial charge in [-0.15, -0.1) is 0 Å². The second kappa shape index (κ2) is 10.2. The van der Waals surface area contributed by atoms with E-state index in [1.165, 1.54) is 11.1 Å². The van der Waals surface area contributed by atoms with Crippen molar-refractivity contribution in [3.8, 4) is 0 Å². The molecule has 0 fully saturated rings. The Kier molecular flexibility index (Phi) is 8.26. The molecule has 0 aromatic heterocycles. The van der Waals surface area contributed by atoms with Crippen molar-refractivity contribution in [2.75, 3.05) is 14.2 Å². The van der Waals surface area contributed by atoms with Crippen molar-refractivity contribution in [1.29, 1.82) is 0 Å². The fraction of sp³-hybridized carbons (Fsp3) is 0.273. The van der Waals surface area contributed by atoms with Gasteiger partial charge in [0.1, 0.15) is 0 Å².